The Kier molecular flexibility index (Phi) is 2.64. The SMILES string of the molecule is Cc1cc(C#N)nc(N2CCn3c(nnc3C3CC3)C2)n1. The zero-order chi connectivity index (χ0) is 14.4. The van der Waals surface area contributed by atoms with E-state index in [-0.39, 0.29) is 0 Å². The van der Waals surface area contributed by atoms with Crippen LogP contribution in [-0.2, 0) is 13.1 Å². The highest BCUT2D eigenvalue weighted by molar-refractivity contribution is 5.37. The lowest BCUT2D eigenvalue weighted by Gasteiger charge is -2.28. The third-order valence-corrected chi connectivity index (χ3v) is 3.96. The second-order valence-electron chi connectivity index (χ2n) is 5.63. The predicted octanol–water partition coefficient (Wildman–Crippen LogP) is 1.15. The van der Waals surface area contributed by atoms with Crippen molar-refractivity contribution in [2.75, 3.05) is 11.4 Å². The molecule has 2 aliphatic rings. The number of rotatable bonds is 2. The molecule has 1 aliphatic carbocycles. The van der Waals surface area contributed by atoms with Gasteiger partial charge >= 0.3 is 0 Å². The van der Waals surface area contributed by atoms with Gasteiger partial charge in [0, 0.05) is 24.7 Å². The Morgan fingerprint density at radius 1 is 1.24 bits per heavy atom. The number of fused-ring (bicyclic) bond motifs is 1. The van der Waals surface area contributed by atoms with Crippen molar-refractivity contribution in [3.05, 3.63) is 29.1 Å². The van der Waals surface area contributed by atoms with E-state index in [2.05, 4.69) is 35.7 Å². The van der Waals surface area contributed by atoms with Gasteiger partial charge in [0.1, 0.15) is 17.6 Å². The molecule has 1 fully saturated rings. The Bertz CT molecular complexity index is 738. The number of aromatic nitrogens is 5. The van der Waals surface area contributed by atoms with Gasteiger partial charge in [-0.3, -0.25) is 0 Å². The minimum absolute atomic E-state index is 0.406. The molecule has 1 aliphatic heterocycles. The van der Waals surface area contributed by atoms with Crippen LogP contribution >= 0.6 is 0 Å². The molecule has 0 aromatic carbocycles. The zero-order valence-corrected chi connectivity index (χ0v) is 11.8. The van der Waals surface area contributed by atoms with Gasteiger partial charge in [-0.25, -0.2) is 9.97 Å². The lowest BCUT2D eigenvalue weighted by molar-refractivity contribution is 0.535. The topological polar surface area (TPSA) is 83.5 Å². The molecule has 2 aromatic rings. The molecule has 21 heavy (non-hydrogen) atoms. The van der Waals surface area contributed by atoms with Crippen LogP contribution < -0.4 is 4.90 Å². The summed E-state index contributed by atoms with van der Waals surface area (Å²) in [4.78, 5) is 10.8. The van der Waals surface area contributed by atoms with Crippen molar-refractivity contribution in [1.82, 2.24) is 24.7 Å². The molecule has 0 unspecified atom stereocenters. The van der Waals surface area contributed by atoms with E-state index in [9.17, 15) is 0 Å². The first kappa shape index (κ1) is 12.3. The van der Waals surface area contributed by atoms with Gasteiger partial charge in [0.25, 0.3) is 0 Å². The summed E-state index contributed by atoms with van der Waals surface area (Å²) in [6.45, 7) is 4.20. The Labute approximate surface area is 122 Å². The molecule has 1 saturated carbocycles. The van der Waals surface area contributed by atoms with Crippen LogP contribution in [0.25, 0.3) is 0 Å². The van der Waals surface area contributed by atoms with Gasteiger partial charge in [-0.1, -0.05) is 0 Å². The molecule has 0 bridgehead atoms. The third-order valence-electron chi connectivity index (χ3n) is 3.96. The van der Waals surface area contributed by atoms with Crippen LogP contribution in [0.15, 0.2) is 6.07 Å². The molecule has 0 spiro atoms. The third kappa shape index (κ3) is 2.13. The van der Waals surface area contributed by atoms with Crippen LogP contribution in [0, 0.1) is 18.3 Å². The number of hydrogen-bond acceptors (Lipinski definition) is 6. The predicted molar refractivity (Wildman–Crippen MR) is 74.5 cm³/mol. The van der Waals surface area contributed by atoms with Crippen molar-refractivity contribution in [3.63, 3.8) is 0 Å². The first-order chi connectivity index (χ1) is 10.2. The van der Waals surface area contributed by atoms with E-state index in [1.165, 1.54) is 12.8 Å². The van der Waals surface area contributed by atoms with E-state index < -0.39 is 0 Å². The first-order valence-corrected chi connectivity index (χ1v) is 7.17. The van der Waals surface area contributed by atoms with E-state index in [1.54, 1.807) is 6.07 Å². The van der Waals surface area contributed by atoms with Gasteiger partial charge in [0.15, 0.2) is 5.82 Å². The number of nitrogens with zero attached hydrogens (tertiary/aromatic N) is 7. The molecule has 0 N–H and O–H groups in total. The maximum atomic E-state index is 9.03. The highest BCUT2D eigenvalue weighted by Gasteiger charge is 2.32. The summed E-state index contributed by atoms with van der Waals surface area (Å²) in [5, 5.41) is 17.7. The smallest absolute Gasteiger partial charge is 0.227 e. The van der Waals surface area contributed by atoms with E-state index >= 15 is 0 Å². The Morgan fingerprint density at radius 3 is 2.86 bits per heavy atom. The Morgan fingerprint density at radius 2 is 2.10 bits per heavy atom. The molecule has 0 amide bonds. The van der Waals surface area contributed by atoms with E-state index in [4.69, 9.17) is 5.26 Å². The Hall–Kier alpha value is -2.49. The summed E-state index contributed by atoms with van der Waals surface area (Å²) in [6, 6.07) is 3.78. The maximum absolute atomic E-state index is 9.03. The minimum atomic E-state index is 0.406. The molecule has 0 saturated heterocycles. The molecule has 0 radical (unpaired) electrons. The highest BCUT2D eigenvalue weighted by Crippen LogP contribution is 2.39. The fraction of sp³-hybridized carbons (Fsp3) is 0.500. The minimum Gasteiger partial charge on any atom is -0.331 e. The van der Waals surface area contributed by atoms with Crippen molar-refractivity contribution in [1.29, 1.82) is 5.26 Å². The van der Waals surface area contributed by atoms with Crippen LogP contribution in [-0.4, -0.2) is 31.3 Å². The highest BCUT2D eigenvalue weighted by atomic mass is 15.4. The summed E-state index contributed by atoms with van der Waals surface area (Å²) in [6.07, 6.45) is 2.46. The zero-order valence-electron chi connectivity index (χ0n) is 11.8. The van der Waals surface area contributed by atoms with Gasteiger partial charge in [0.05, 0.1) is 6.54 Å². The fourth-order valence-corrected chi connectivity index (χ4v) is 2.75. The van der Waals surface area contributed by atoms with Crippen molar-refractivity contribution in [3.8, 4) is 6.07 Å². The monoisotopic (exact) mass is 281 g/mol. The van der Waals surface area contributed by atoms with E-state index in [1.807, 2.05) is 6.92 Å². The van der Waals surface area contributed by atoms with Crippen molar-refractivity contribution in [2.45, 2.75) is 38.8 Å². The summed E-state index contributed by atoms with van der Waals surface area (Å²) in [5.41, 5.74) is 1.21. The summed E-state index contributed by atoms with van der Waals surface area (Å²) in [5.74, 6) is 3.31. The summed E-state index contributed by atoms with van der Waals surface area (Å²) in [7, 11) is 0. The van der Waals surface area contributed by atoms with Crippen LogP contribution in [0.3, 0.4) is 0 Å². The largest absolute Gasteiger partial charge is 0.331 e. The first-order valence-electron chi connectivity index (χ1n) is 7.17. The average molecular weight is 281 g/mol. The van der Waals surface area contributed by atoms with Gasteiger partial charge < -0.3 is 9.47 Å². The molecule has 4 rings (SSSR count). The fourth-order valence-electron chi connectivity index (χ4n) is 2.75. The van der Waals surface area contributed by atoms with E-state index in [0.29, 0.717) is 24.1 Å². The van der Waals surface area contributed by atoms with Crippen molar-refractivity contribution >= 4 is 5.95 Å². The van der Waals surface area contributed by atoms with Gasteiger partial charge in [-0.2, -0.15) is 5.26 Å². The lowest BCUT2D eigenvalue weighted by atomic mass is 10.3. The summed E-state index contributed by atoms with van der Waals surface area (Å²) >= 11 is 0. The quantitative estimate of drug-likeness (QED) is 0.821. The molecule has 3 heterocycles. The lowest BCUT2D eigenvalue weighted by Crippen LogP contribution is -2.35. The average Bonchev–Trinajstić information content (AvgIpc) is 3.25. The van der Waals surface area contributed by atoms with Crippen LogP contribution in [0.5, 0.6) is 0 Å². The normalized spacial score (nSPS) is 17.4. The number of anilines is 1. The maximum Gasteiger partial charge on any atom is 0.227 e. The standard InChI is InChI=1S/C14H15N7/c1-9-6-11(7-15)17-14(16-9)20-4-5-21-12(8-20)18-19-13(21)10-2-3-10/h6,10H,2-5,8H2,1H3. The van der Waals surface area contributed by atoms with Gasteiger partial charge in [0.2, 0.25) is 5.95 Å². The molecule has 7 heteroatoms. The summed E-state index contributed by atoms with van der Waals surface area (Å²) < 4.78 is 2.23. The molecule has 2 aromatic heterocycles. The van der Waals surface area contributed by atoms with Crippen LogP contribution in [0.2, 0.25) is 0 Å². The number of hydrogen-bond donors (Lipinski definition) is 0. The van der Waals surface area contributed by atoms with Crippen molar-refractivity contribution in [2.24, 2.45) is 0 Å². The molecule has 0 atom stereocenters. The molecular weight excluding hydrogens is 266 g/mol. The number of aryl methyl sites for hydroxylation is 1. The number of nitriles is 1. The second-order valence-corrected chi connectivity index (χ2v) is 5.63. The van der Waals surface area contributed by atoms with Crippen LogP contribution in [0.1, 0.15) is 41.8 Å². The molecule has 106 valence electrons. The Balaban J connectivity index is 1.63. The second kappa shape index (κ2) is 4.52. The van der Waals surface area contributed by atoms with Crippen LogP contribution in [0.4, 0.5) is 5.95 Å². The van der Waals surface area contributed by atoms with Crippen molar-refractivity contribution < 1.29 is 0 Å². The van der Waals surface area contributed by atoms with Gasteiger partial charge in [-0.05, 0) is 25.8 Å². The molecule has 7 nitrogen and oxygen atoms in total. The molecular formula is C14H15N7. The van der Waals surface area contributed by atoms with Gasteiger partial charge in [-0.15, -0.1) is 10.2 Å². The van der Waals surface area contributed by atoms with E-state index in [0.717, 1.165) is 30.4 Å².